The van der Waals surface area contributed by atoms with Gasteiger partial charge < -0.3 is 9.84 Å². The quantitative estimate of drug-likeness (QED) is 0.253. The van der Waals surface area contributed by atoms with Crippen LogP contribution in [0.5, 0.6) is 0 Å². The Morgan fingerprint density at radius 3 is 2.32 bits per heavy atom. The Kier molecular flexibility index (Phi) is 6.91. The molecule has 5 rings (SSSR count). The van der Waals surface area contributed by atoms with Crippen LogP contribution in [0.1, 0.15) is 37.0 Å². The van der Waals surface area contributed by atoms with E-state index in [1.165, 1.54) is 4.68 Å². The second kappa shape index (κ2) is 10.3. The van der Waals surface area contributed by atoms with Crippen LogP contribution >= 0.6 is 11.6 Å². The van der Waals surface area contributed by atoms with Crippen molar-refractivity contribution in [3.63, 3.8) is 0 Å². The molecule has 7 nitrogen and oxygen atoms in total. The van der Waals surface area contributed by atoms with Gasteiger partial charge in [0.1, 0.15) is 6.10 Å². The molecule has 1 aliphatic carbocycles. The van der Waals surface area contributed by atoms with Gasteiger partial charge in [0.2, 0.25) is 0 Å². The van der Waals surface area contributed by atoms with E-state index >= 15 is 0 Å². The van der Waals surface area contributed by atoms with Gasteiger partial charge in [-0.15, -0.1) is 0 Å². The molecule has 0 saturated heterocycles. The summed E-state index contributed by atoms with van der Waals surface area (Å²) < 4.78 is 21.2. The minimum absolute atomic E-state index is 0.147. The molecule has 1 fully saturated rings. The number of aromatic nitrogens is 2. The minimum atomic E-state index is -0.842. The second-order valence-corrected chi connectivity index (χ2v) is 9.86. The number of nitrogens with one attached hydrogen (secondary N) is 1. The Balaban J connectivity index is 1.27. The van der Waals surface area contributed by atoms with Crippen molar-refractivity contribution in [2.45, 2.75) is 32.3 Å². The Hall–Kier alpha value is -4.17. The molecule has 0 aliphatic heterocycles. The Morgan fingerprint density at radius 1 is 1.08 bits per heavy atom. The number of hydrogen-bond donors (Lipinski definition) is 2. The van der Waals surface area contributed by atoms with Crippen LogP contribution in [0.2, 0.25) is 5.02 Å². The molecule has 1 saturated carbocycles. The van der Waals surface area contributed by atoms with E-state index in [1.54, 1.807) is 43.3 Å². The molecular weight excluding hydrogens is 509 g/mol. The lowest BCUT2D eigenvalue weighted by molar-refractivity contribution is -0.143. The van der Waals surface area contributed by atoms with E-state index in [-0.39, 0.29) is 5.82 Å². The lowest BCUT2D eigenvalue weighted by atomic mass is 9.95. The predicted molar refractivity (Wildman–Crippen MR) is 142 cm³/mol. The summed E-state index contributed by atoms with van der Waals surface area (Å²) in [5, 5.41) is 16.4. The van der Waals surface area contributed by atoms with Crippen LogP contribution in [0.4, 0.5) is 15.0 Å². The summed E-state index contributed by atoms with van der Waals surface area (Å²) >= 11 is 6.17. The zero-order valence-corrected chi connectivity index (χ0v) is 21.3. The molecule has 4 aromatic rings. The topological polar surface area (TPSA) is 93.5 Å². The molecule has 3 aromatic carbocycles. The fraction of sp³-hybridized carbons (Fsp3) is 0.207. The fourth-order valence-electron chi connectivity index (χ4n) is 4.41. The monoisotopic (exact) mass is 533 g/mol. The third-order valence-electron chi connectivity index (χ3n) is 6.82. The van der Waals surface area contributed by atoms with Gasteiger partial charge in [-0.3, -0.25) is 10.1 Å². The predicted octanol–water partition coefficient (Wildman–Crippen LogP) is 7.05. The summed E-state index contributed by atoms with van der Waals surface area (Å²) in [6, 6.07) is 22.1. The third-order valence-corrected chi connectivity index (χ3v) is 7.17. The van der Waals surface area contributed by atoms with Crippen molar-refractivity contribution >= 4 is 29.5 Å². The van der Waals surface area contributed by atoms with Gasteiger partial charge in [0.05, 0.1) is 17.3 Å². The van der Waals surface area contributed by atoms with E-state index in [4.69, 9.17) is 16.3 Å². The number of anilines is 1. The Morgan fingerprint density at radius 2 is 1.71 bits per heavy atom. The van der Waals surface area contributed by atoms with Crippen LogP contribution in [-0.4, -0.2) is 26.9 Å². The zero-order chi connectivity index (χ0) is 26.9. The molecular formula is C29H25ClFN3O4. The molecule has 1 amide bonds. The van der Waals surface area contributed by atoms with Crippen molar-refractivity contribution in [2.24, 2.45) is 5.41 Å². The summed E-state index contributed by atoms with van der Waals surface area (Å²) in [6.45, 7) is 1.68. The maximum absolute atomic E-state index is 14.5. The average molecular weight is 534 g/mol. The number of carboxylic acids is 1. The average Bonchev–Trinajstić information content (AvgIpc) is 3.61. The molecule has 0 bridgehead atoms. The molecule has 9 heteroatoms. The number of aliphatic carboxylic acids is 1. The number of amides is 1. The molecule has 38 heavy (non-hydrogen) atoms. The largest absolute Gasteiger partial charge is 0.481 e. The summed E-state index contributed by atoms with van der Waals surface area (Å²) in [7, 11) is 0. The van der Waals surface area contributed by atoms with Crippen molar-refractivity contribution in [2.75, 3.05) is 5.32 Å². The maximum Gasteiger partial charge on any atom is 0.413 e. The summed E-state index contributed by atoms with van der Waals surface area (Å²) in [6.07, 6.45) is 1.49. The van der Waals surface area contributed by atoms with Crippen molar-refractivity contribution in [3.8, 4) is 16.8 Å². The fourth-order valence-corrected chi connectivity index (χ4v) is 4.70. The minimum Gasteiger partial charge on any atom is -0.481 e. The second-order valence-electron chi connectivity index (χ2n) is 9.45. The SMILES string of the molecule is CC(OC(=O)Nc1c(F)cnn1-c1ccc(-c2ccc(CC3(C(=O)O)CC3)cc2)cc1)c1ccccc1Cl. The van der Waals surface area contributed by atoms with Gasteiger partial charge in [0.15, 0.2) is 11.6 Å². The molecule has 2 N–H and O–H groups in total. The Labute approximate surface area is 223 Å². The number of nitrogens with zero attached hydrogens (tertiary/aromatic N) is 2. The number of carboxylic acid groups (broad SMARTS) is 1. The first-order valence-corrected chi connectivity index (χ1v) is 12.5. The first kappa shape index (κ1) is 25.5. The van der Waals surface area contributed by atoms with Crippen LogP contribution in [0.15, 0.2) is 79.0 Å². The molecule has 194 valence electrons. The number of halogens is 2. The van der Waals surface area contributed by atoms with Crippen LogP contribution in [0.25, 0.3) is 16.8 Å². The molecule has 1 aliphatic rings. The van der Waals surface area contributed by atoms with Gasteiger partial charge in [-0.05, 0) is 61.1 Å². The summed E-state index contributed by atoms with van der Waals surface area (Å²) in [5.41, 5.74) is 3.45. The summed E-state index contributed by atoms with van der Waals surface area (Å²) in [5.74, 6) is -1.59. The van der Waals surface area contributed by atoms with E-state index in [0.29, 0.717) is 35.5 Å². The van der Waals surface area contributed by atoms with Gasteiger partial charge in [-0.2, -0.15) is 5.10 Å². The number of benzene rings is 3. The van der Waals surface area contributed by atoms with Crippen molar-refractivity contribution in [3.05, 3.63) is 101 Å². The van der Waals surface area contributed by atoms with Gasteiger partial charge in [-0.1, -0.05) is 66.2 Å². The van der Waals surface area contributed by atoms with Gasteiger partial charge in [0, 0.05) is 10.6 Å². The number of rotatable bonds is 8. The smallest absolute Gasteiger partial charge is 0.413 e. The van der Waals surface area contributed by atoms with Crippen LogP contribution in [-0.2, 0) is 16.0 Å². The van der Waals surface area contributed by atoms with Crippen molar-refractivity contribution in [1.29, 1.82) is 0 Å². The van der Waals surface area contributed by atoms with Crippen molar-refractivity contribution < 1.29 is 23.8 Å². The normalized spacial score (nSPS) is 14.5. The highest BCUT2D eigenvalue weighted by molar-refractivity contribution is 6.31. The van der Waals surface area contributed by atoms with Crippen LogP contribution < -0.4 is 5.32 Å². The molecule has 0 spiro atoms. The molecule has 1 unspecified atom stereocenters. The van der Waals surface area contributed by atoms with Crippen LogP contribution in [0.3, 0.4) is 0 Å². The number of carbonyl (C=O) groups excluding carboxylic acids is 1. The van der Waals surface area contributed by atoms with Crippen molar-refractivity contribution in [1.82, 2.24) is 9.78 Å². The first-order chi connectivity index (χ1) is 18.3. The van der Waals surface area contributed by atoms with Gasteiger partial charge in [0.25, 0.3) is 0 Å². The van der Waals surface area contributed by atoms with Gasteiger partial charge >= 0.3 is 12.1 Å². The molecule has 1 aromatic heterocycles. The zero-order valence-electron chi connectivity index (χ0n) is 20.5. The lowest BCUT2D eigenvalue weighted by Crippen LogP contribution is -2.19. The van der Waals surface area contributed by atoms with E-state index < -0.39 is 29.4 Å². The highest BCUT2D eigenvalue weighted by atomic mass is 35.5. The molecule has 0 radical (unpaired) electrons. The number of carbonyl (C=O) groups is 2. The summed E-state index contributed by atoms with van der Waals surface area (Å²) in [4.78, 5) is 24.0. The van der Waals surface area contributed by atoms with E-state index in [9.17, 15) is 19.1 Å². The van der Waals surface area contributed by atoms with Crippen LogP contribution in [0, 0.1) is 11.2 Å². The number of ether oxygens (including phenoxy) is 1. The van der Waals surface area contributed by atoms with E-state index in [2.05, 4.69) is 10.4 Å². The first-order valence-electron chi connectivity index (χ1n) is 12.1. The van der Waals surface area contributed by atoms with Gasteiger partial charge in [-0.25, -0.2) is 13.9 Å². The number of hydrogen-bond acceptors (Lipinski definition) is 4. The molecule has 1 atom stereocenters. The maximum atomic E-state index is 14.5. The highest BCUT2D eigenvalue weighted by Gasteiger charge is 2.49. The lowest BCUT2D eigenvalue weighted by Gasteiger charge is -2.16. The molecule has 1 heterocycles. The third kappa shape index (κ3) is 5.26. The highest BCUT2D eigenvalue weighted by Crippen LogP contribution is 2.48. The Bertz CT molecular complexity index is 1480. The van der Waals surface area contributed by atoms with E-state index in [0.717, 1.165) is 22.9 Å². The standard InChI is InChI=1S/C29H25ClFN3O4/c1-18(23-4-2-3-5-24(23)30)38-28(37)33-26-25(31)17-32-34(26)22-12-10-21(11-13-22)20-8-6-19(7-9-20)16-29(14-15-29)27(35)36/h2-13,17-18H,14-16H2,1H3,(H,33,37)(H,35,36). The van der Waals surface area contributed by atoms with E-state index in [1.807, 2.05) is 36.4 Å².